The van der Waals surface area contributed by atoms with Gasteiger partial charge in [0.05, 0.1) is 16.1 Å². The van der Waals surface area contributed by atoms with Crippen LogP contribution in [0.3, 0.4) is 0 Å². The van der Waals surface area contributed by atoms with Crippen molar-refractivity contribution < 1.29 is 9.59 Å². The first kappa shape index (κ1) is 34.3. The standard InChI is InChI=1S/C14H28N4O.C12H12N2OS.C4H10/c1-4-5-12(11(2)3)8-18(16)10-14(19)17-7-6-13(15)9-17;1-9-12(16-8-14-9)11-4-2-10(3-5-11)6-13-7-15;1-4(2)3/h8,11,13H,4-7,9-10,15-16H2,1-3H3;2-5,7-8H,6H2,1H3,(H,13,15);4H,1-3H3/b12-8+;;. The van der Waals surface area contributed by atoms with E-state index >= 15 is 0 Å². The van der Waals surface area contributed by atoms with E-state index in [4.69, 9.17) is 11.6 Å². The van der Waals surface area contributed by atoms with E-state index in [0.29, 0.717) is 25.4 Å². The molecule has 1 atom stereocenters. The Morgan fingerprint density at radius 3 is 2.33 bits per heavy atom. The molecule has 0 radical (unpaired) electrons. The second-order valence-corrected chi connectivity index (χ2v) is 11.7. The second-order valence-electron chi connectivity index (χ2n) is 10.9. The highest BCUT2D eigenvalue weighted by Gasteiger charge is 2.24. The average molecular weight is 559 g/mol. The molecule has 1 aliphatic rings. The molecule has 218 valence electrons. The largest absolute Gasteiger partial charge is 0.355 e. The molecular weight excluding hydrogens is 508 g/mol. The smallest absolute Gasteiger partial charge is 0.243 e. The number of hydrazine groups is 1. The number of likely N-dealkylation sites (tertiary alicyclic amines) is 1. The molecule has 0 saturated carbocycles. The number of carbonyl (C=O) groups excluding carboxylic acids is 2. The van der Waals surface area contributed by atoms with E-state index in [-0.39, 0.29) is 18.5 Å². The van der Waals surface area contributed by atoms with E-state index in [1.807, 2.05) is 30.8 Å². The molecule has 9 heteroatoms. The molecule has 1 aromatic carbocycles. The molecule has 2 amide bonds. The number of aromatic nitrogens is 1. The number of thiazole rings is 1. The second kappa shape index (κ2) is 18.5. The Labute approximate surface area is 239 Å². The van der Waals surface area contributed by atoms with Crippen LogP contribution in [-0.2, 0) is 16.1 Å². The van der Waals surface area contributed by atoms with Gasteiger partial charge in [-0.1, -0.05) is 77.8 Å². The molecule has 2 aromatic rings. The predicted molar refractivity (Wildman–Crippen MR) is 164 cm³/mol. The van der Waals surface area contributed by atoms with Gasteiger partial charge in [-0.25, -0.2) is 10.8 Å². The zero-order valence-corrected chi connectivity index (χ0v) is 25.8. The minimum absolute atomic E-state index is 0.0614. The Balaban J connectivity index is 0.000000346. The topological polar surface area (TPSA) is 118 Å². The lowest BCUT2D eigenvalue weighted by atomic mass is 10.00. The van der Waals surface area contributed by atoms with Crippen LogP contribution >= 0.6 is 11.3 Å². The molecule has 8 nitrogen and oxygen atoms in total. The number of hydrogen-bond acceptors (Lipinski definition) is 7. The van der Waals surface area contributed by atoms with Gasteiger partial charge in [0.1, 0.15) is 6.54 Å². The summed E-state index contributed by atoms with van der Waals surface area (Å²) in [5, 5.41) is 4.15. The Morgan fingerprint density at radius 1 is 1.23 bits per heavy atom. The number of rotatable bonds is 10. The van der Waals surface area contributed by atoms with Crippen molar-refractivity contribution in [2.75, 3.05) is 19.6 Å². The lowest BCUT2D eigenvalue weighted by molar-refractivity contribution is -0.130. The first-order chi connectivity index (χ1) is 18.5. The average Bonchev–Trinajstić information content (AvgIpc) is 3.51. The van der Waals surface area contributed by atoms with Gasteiger partial charge in [-0.05, 0) is 42.7 Å². The maximum absolute atomic E-state index is 12.0. The number of benzene rings is 1. The van der Waals surface area contributed by atoms with E-state index in [1.165, 1.54) is 21.0 Å². The van der Waals surface area contributed by atoms with Crippen LogP contribution in [0.1, 0.15) is 72.1 Å². The summed E-state index contributed by atoms with van der Waals surface area (Å²) in [6, 6.07) is 8.28. The molecule has 1 aromatic heterocycles. The number of aryl methyl sites for hydroxylation is 1. The van der Waals surface area contributed by atoms with E-state index < -0.39 is 0 Å². The molecule has 0 spiro atoms. The van der Waals surface area contributed by atoms with Crippen LogP contribution in [0, 0.1) is 18.8 Å². The third-order valence-electron chi connectivity index (χ3n) is 5.86. The molecule has 1 unspecified atom stereocenters. The molecule has 1 aliphatic heterocycles. The molecule has 2 heterocycles. The van der Waals surface area contributed by atoms with E-state index in [2.05, 4.69) is 64.0 Å². The Morgan fingerprint density at radius 2 is 1.87 bits per heavy atom. The first-order valence-electron chi connectivity index (χ1n) is 13.9. The molecule has 1 fully saturated rings. The summed E-state index contributed by atoms with van der Waals surface area (Å²) in [5.41, 5.74) is 12.3. The maximum Gasteiger partial charge on any atom is 0.243 e. The summed E-state index contributed by atoms with van der Waals surface area (Å²) in [6.07, 6.45) is 5.63. The third kappa shape index (κ3) is 13.7. The molecule has 1 saturated heterocycles. The van der Waals surface area contributed by atoms with Gasteiger partial charge in [0.15, 0.2) is 0 Å². The predicted octanol–water partition coefficient (Wildman–Crippen LogP) is 5.09. The van der Waals surface area contributed by atoms with Gasteiger partial charge in [0.25, 0.3) is 0 Å². The number of carbonyl (C=O) groups is 2. The van der Waals surface area contributed by atoms with Crippen LogP contribution in [0.4, 0.5) is 0 Å². The summed E-state index contributed by atoms with van der Waals surface area (Å²) in [5.74, 6) is 7.28. The maximum atomic E-state index is 12.0. The molecular formula is C30H50N6O2S. The minimum atomic E-state index is 0.0614. The highest BCUT2D eigenvalue weighted by Crippen LogP contribution is 2.27. The van der Waals surface area contributed by atoms with Crippen molar-refractivity contribution in [2.24, 2.45) is 23.4 Å². The van der Waals surface area contributed by atoms with E-state index in [9.17, 15) is 9.59 Å². The normalized spacial score (nSPS) is 14.9. The fourth-order valence-electron chi connectivity index (χ4n) is 3.83. The van der Waals surface area contributed by atoms with Crippen molar-refractivity contribution >= 4 is 23.7 Å². The van der Waals surface area contributed by atoms with Crippen LogP contribution < -0.4 is 16.9 Å². The quantitative estimate of drug-likeness (QED) is 0.212. The number of hydrogen-bond donors (Lipinski definition) is 3. The number of amides is 2. The van der Waals surface area contributed by atoms with Gasteiger partial charge in [-0.2, -0.15) is 0 Å². The van der Waals surface area contributed by atoms with Gasteiger partial charge in [-0.3, -0.25) is 9.59 Å². The Bertz CT molecular complexity index is 1000. The van der Waals surface area contributed by atoms with Crippen molar-refractivity contribution in [2.45, 2.75) is 80.3 Å². The van der Waals surface area contributed by atoms with Crippen LogP contribution in [0.2, 0.25) is 0 Å². The van der Waals surface area contributed by atoms with Crippen LogP contribution in [0.15, 0.2) is 41.5 Å². The van der Waals surface area contributed by atoms with Crippen molar-refractivity contribution in [1.82, 2.24) is 20.2 Å². The third-order valence-corrected chi connectivity index (χ3v) is 6.84. The molecule has 0 aliphatic carbocycles. The number of allylic oxidation sites excluding steroid dienone is 1. The van der Waals surface area contributed by atoms with Gasteiger partial charge in [0.2, 0.25) is 12.3 Å². The van der Waals surface area contributed by atoms with Gasteiger partial charge >= 0.3 is 0 Å². The summed E-state index contributed by atoms with van der Waals surface area (Å²) >= 11 is 1.64. The minimum Gasteiger partial charge on any atom is -0.355 e. The summed E-state index contributed by atoms with van der Waals surface area (Å²) in [4.78, 5) is 29.4. The van der Waals surface area contributed by atoms with Crippen LogP contribution in [0.25, 0.3) is 10.4 Å². The summed E-state index contributed by atoms with van der Waals surface area (Å²) in [7, 11) is 0. The summed E-state index contributed by atoms with van der Waals surface area (Å²) < 4.78 is 0. The zero-order valence-electron chi connectivity index (χ0n) is 24.9. The number of nitrogens with one attached hydrogen (secondary N) is 1. The number of nitrogens with two attached hydrogens (primary N) is 2. The SMILES string of the molecule is CC(C)C.CCC/C(=C\N(N)CC(=O)N1CCC(N)C1)C(C)C.Cc1ncsc1-c1ccc(CNC=O)cc1. The first-order valence-corrected chi connectivity index (χ1v) is 14.8. The lowest BCUT2D eigenvalue weighted by Gasteiger charge is -2.22. The van der Waals surface area contributed by atoms with Gasteiger partial charge < -0.3 is 21.0 Å². The van der Waals surface area contributed by atoms with Crippen molar-refractivity contribution in [3.8, 4) is 10.4 Å². The molecule has 39 heavy (non-hydrogen) atoms. The van der Waals surface area contributed by atoms with Crippen molar-refractivity contribution in [1.29, 1.82) is 0 Å². The molecule has 3 rings (SSSR count). The van der Waals surface area contributed by atoms with E-state index in [0.717, 1.165) is 43.0 Å². The van der Waals surface area contributed by atoms with E-state index in [1.54, 1.807) is 16.2 Å². The monoisotopic (exact) mass is 558 g/mol. The molecule has 5 N–H and O–H groups in total. The lowest BCUT2D eigenvalue weighted by Crippen LogP contribution is -2.41. The van der Waals surface area contributed by atoms with Gasteiger partial charge in [0, 0.05) is 31.9 Å². The highest BCUT2D eigenvalue weighted by atomic mass is 32.1. The summed E-state index contributed by atoms with van der Waals surface area (Å²) in [6.45, 7) is 17.2. The number of nitrogens with zero attached hydrogens (tertiary/aromatic N) is 3. The Kier molecular flexibility index (Phi) is 16.3. The fourth-order valence-corrected chi connectivity index (χ4v) is 4.64. The molecule has 0 bridgehead atoms. The van der Waals surface area contributed by atoms with Crippen LogP contribution in [0.5, 0.6) is 0 Å². The van der Waals surface area contributed by atoms with Crippen LogP contribution in [-0.4, -0.2) is 52.9 Å². The van der Waals surface area contributed by atoms with Crippen molar-refractivity contribution in [3.05, 3.63) is 52.8 Å². The Hall–Kier alpha value is -2.75. The van der Waals surface area contributed by atoms with Crippen molar-refractivity contribution in [3.63, 3.8) is 0 Å². The highest BCUT2D eigenvalue weighted by molar-refractivity contribution is 7.13. The fraction of sp³-hybridized carbons (Fsp3) is 0.567. The van der Waals surface area contributed by atoms with Gasteiger partial charge in [-0.15, -0.1) is 11.3 Å². The zero-order chi connectivity index (χ0) is 29.4.